The lowest BCUT2D eigenvalue weighted by Gasteiger charge is -2.30. The van der Waals surface area contributed by atoms with Crippen LogP contribution in [0.2, 0.25) is 0 Å². The third-order valence-corrected chi connectivity index (χ3v) is 5.71. The Bertz CT molecular complexity index is 685. The van der Waals surface area contributed by atoms with E-state index in [2.05, 4.69) is 30.2 Å². The Morgan fingerprint density at radius 2 is 1.96 bits per heavy atom. The Kier molecular flexibility index (Phi) is 4.34. The van der Waals surface area contributed by atoms with Gasteiger partial charge in [0.05, 0.1) is 6.10 Å². The molecule has 128 valence electrons. The summed E-state index contributed by atoms with van der Waals surface area (Å²) in [4.78, 5) is 2.31. The summed E-state index contributed by atoms with van der Waals surface area (Å²) in [6, 6.07) is 3.91. The quantitative estimate of drug-likeness (QED) is 0.764. The molecule has 0 spiro atoms. The largest absolute Gasteiger partial charge is 0.487 e. The molecule has 0 bridgehead atoms. The minimum Gasteiger partial charge on any atom is -0.487 e. The van der Waals surface area contributed by atoms with E-state index in [1.54, 1.807) is 0 Å². The standard InChI is InChI=1S/C21H26FNO/c1-15-16(14-23-12-5-13-23)8-9-19-18(15)10-11-20(21(19)22)24-17-6-3-2-4-7-17/h5,10-12,17H,2-4,6-9,13-14H2,1H3. The molecular formula is C21H26FNO. The highest BCUT2D eigenvalue weighted by Crippen LogP contribution is 2.37. The average molecular weight is 327 g/mol. The summed E-state index contributed by atoms with van der Waals surface area (Å²) in [5.41, 5.74) is 4.62. The summed E-state index contributed by atoms with van der Waals surface area (Å²) >= 11 is 0. The second-order valence-electron chi connectivity index (χ2n) is 7.32. The highest BCUT2D eigenvalue weighted by Gasteiger charge is 2.24. The predicted molar refractivity (Wildman–Crippen MR) is 95.5 cm³/mol. The number of rotatable bonds is 4. The van der Waals surface area contributed by atoms with Gasteiger partial charge < -0.3 is 9.64 Å². The van der Waals surface area contributed by atoms with E-state index in [0.29, 0.717) is 5.75 Å². The molecule has 1 saturated carbocycles. The van der Waals surface area contributed by atoms with Crippen molar-refractivity contribution < 1.29 is 9.13 Å². The molecule has 4 rings (SSSR count). The zero-order valence-electron chi connectivity index (χ0n) is 14.5. The molecule has 0 saturated heterocycles. The molecule has 2 aliphatic carbocycles. The maximum atomic E-state index is 15.0. The minimum atomic E-state index is -0.125. The molecular weight excluding hydrogens is 301 g/mol. The van der Waals surface area contributed by atoms with Crippen LogP contribution in [0.4, 0.5) is 4.39 Å². The second-order valence-corrected chi connectivity index (χ2v) is 7.32. The number of hydrogen-bond donors (Lipinski definition) is 0. The van der Waals surface area contributed by atoms with Gasteiger partial charge in [-0.25, -0.2) is 4.39 Å². The van der Waals surface area contributed by atoms with E-state index in [1.807, 2.05) is 6.07 Å². The number of ether oxygens (including phenoxy) is 1. The Balaban J connectivity index is 1.56. The molecule has 0 unspecified atom stereocenters. The van der Waals surface area contributed by atoms with Gasteiger partial charge in [0.2, 0.25) is 0 Å². The fourth-order valence-electron chi connectivity index (χ4n) is 4.12. The molecule has 0 radical (unpaired) electrons. The van der Waals surface area contributed by atoms with Crippen LogP contribution < -0.4 is 4.74 Å². The zero-order valence-corrected chi connectivity index (χ0v) is 14.5. The first-order chi connectivity index (χ1) is 11.7. The van der Waals surface area contributed by atoms with Crippen LogP contribution in [0.25, 0.3) is 5.57 Å². The Hall–Kier alpha value is -1.77. The molecule has 2 nitrogen and oxygen atoms in total. The van der Waals surface area contributed by atoms with Gasteiger partial charge in [0.25, 0.3) is 0 Å². The Morgan fingerprint density at radius 3 is 2.67 bits per heavy atom. The molecule has 1 fully saturated rings. The lowest BCUT2D eigenvalue weighted by molar-refractivity contribution is 0.148. The third-order valence-electron chi connectivity index (χ3n) is 5.71. The number of halogens is 1. The highest BCUT2D eigenvalue weighted by atomic mass is 19.1. The molecule has 0 amide bonds. The third kappa shape index (κ3) is 2.97. The van der Waals surface area contributed by atoms with E-state index in [4.69, 9.17) is 4.74 Å². The lowest BCUT2D eigenvalue weighted by Crippen LogP contribution is -2.28. The maximum Gasteiger partial charge on any atom is 0.168 e. The van der Waals surface area contributed by atoms with Crippen LogP contribution in [0.15, 0.2) is 30.0 Å². The van der Waals surface area contributed by atoms with E-state index in [1.165, 1.54) is 30.4 Å². The molecule has 1 aromatic rings. The van der Waals surface area contributed by atoms with Crippen molar-refractivity contribution in [2.45, 2.75) is 58.0 Å². The van der Waals surface area contributed by atoms with Crippen LogP contribution in [-0.4, -0.2) is 24.1 Å². The molecule has 1 heterocycles. The van der Waals surface area contributed by atoms with Crippen molar-refractivity contribution in [1.29, 1.82) is 0 Å². The summed E-state index contributed by atoms with van der Waals surface area (Å²) < 4.78 is 21.0. The molecule has 0 aromatic heterocycles. The molecule has 3 heteroatoms. The monoisotopic (exact) mass is 327 g/mol. The van der Waals surface area contributed by atoms with Crippen molar-refractivity contribution in [3.05, 3.63) is 46.9 Å². The van der Waals surface area contributed by atoms with Gasteiger partial charge in [0.1, 0.15) is 0 Å². The van der Waals surface area contributed by atoms with Crippen LogP contribution in [0.3, 0.4) is 0 Å². The Labute approximate surface area is 144 Å². The number of fused-ring (bicyclic) bond motifs is 1. The molecule has 0 N–H and O–H groups in total. The van der Waals surface area contributed by atoms with Crippen molar-refractivity contribution in [1.82, 2.24) is 4.90 Å². The minimum absolute atomic E-state index is 0.125. The number of hydrogen-bond acceptors (Lipinski definition) is 2. The number of benzene rings is 1. The van der Waals surface area contributed by atoms with Crippen molar-refractivity contribution in [3.63, 3.8) is 0 Å². The Morgan fingerprint density at radius 1 is 1.17 bits per heavy atom. The zero-order chi connectivity index (χ0) is 16.5. The summed E-state index contributed by atoms with van der Waals surface area (Å²) in [5, 5.41) is 0. The van der Waals surface area contributed by atoms with Crippen LogP contribution in [0.5, 0.6) is 5.75 Å². The van der Waals surface area contributed by atoms with E-state index < -0.39 is 0 Å². The molecule has 1 aliphatic heterocycles. The van der Waals surface area contributed by atoms with Crippen molar-refractivity contribution >= 4 is 5.57 Å². The van der Waals surface area contributed by atoms with Gasteiger partial charge in [-0.3, -0.25) is 0 Å². The SMILES string of the molecule is CC1=C(CN2C=CC2)CCc2c1ccc(OC1CCCCC1)c2F. The predicted octanol–water partition coefficient (Wildman–Crippen LogP) is 5.09. The molecule has 0 atom stereocenters. The molecule has 3 aliphatic rings. The number of allylic oxidation sites excluding steroid dienone is 1. The van der Waals surface area contributed by atoms with E-state index in [9.17, 15) is 4.39 Å². The fourth-order valence-corrected chi connectivity index (χ4v) is 4.12. The first-order valence-corrected chi connectivity index (χ1v) is 9.30. The number of nitrogens with zero attached hydrogens (tertiary/aromatic N) is 1. The van der Waals surface area contributed by atoms with E-state index in [0.717, 1.165) is 49.9 Å². The van der Waals surface area contributed by atoms with Gasteiger partial charge in [-0.15, -0.1) is 0 Å². The topological polar surface area (TPSA) is 12.5 Å². The van der Waals surface area contributed by atoms with Crippen LogP contribution >= 0.6 is 0 Å². The van der Waals surface area contributed by atoms with Crippen molar-refractivity contribution in [2.75, 3.05) is 13.1 Å². The smallest absolute Gasteiger partial charge is 0.168 e. The van der Waals surface area contributed by atoms with Gasteiger partial charge in [-0.1, -0.05) is 12.5 Å². The van der Waals surface area contributed by atoms with Crippen LogP contribution in [0, 0.1) is 5.82 Å². The van der Waals surface area contributed by atoms with Gasteiger partial charge in [-0.05, 0) is 86.1 Å². The lowest BCUT2D eigenvalue weighted by atomic mass is 9.85. The van der Waals surface area contributed by atoms with Gasteiger partial charge in [-0.2, -0.15) is 0 Å². The molecule has 24 heavy (non-hydrogen) atoms. The van der Waals surface area contributed by atoms with Crippen molar-refractivity contribution in [2.24, 2.45) is 0 Å². The summed E-state index contributed by atoms with van der Waals surface area (Å²) in [7, 11) is 0. The fraction of sp³-hybridized carbons (Fsp3) is 0.524. The molecule has 1 aromatic carbocycles. The summed E-state index contributed by atoms with van der Waals surface area (Å²) in [6.45, 7) is 4.15. The second kappa shape index (κ2) is 6.62. The van der Waals surface area contributed by atoms with E-state index >= 15 is 0 Å². The van der Waals surface area contributed by atoms with Gasteiger partial charge >= 0.3 is 0 Å². The van der Waals surface area contributed by atoms with E-state index in [-0.39, 0.29) is 11.9 Å². The first kappa shape index (κ1) is 15.7. The summed E-state index contributed by atoms with van der Waals surface area (Å²) in [5.74, 6) is 0.336. The van der Waals surface area contributed by atoms with Crippen LogP contribution in [0.1, 0.15) is 56.6 Å². The highest BCUT2D eigenvalue weighted by molar-refractivity contribution is 5.73. The van der Waals surface area contributed by atoms with Gasteiger partial charge in [0, 0.05) is 13.1 Å². The van der Waals surface area contributed by atoms with Crippen LogP contribution in [-0.2, 0) is 6.42 Å². The van der Waals surface area contributed by atoms with Gasteiger partial charge in [0.15, 0.2) is 11.6 Å². The van der Waals surface area contributed by atoms with Crippen molar-refractivity contribution in [3.8, 4) is 5.75 Å². The maximum absolute atomic E-state index is 15.0. The summed E-state index contributed by atoms with van der Waals surface area (Å²) in [6.07, 6.45) is 12.0. The normalized spacial score (nSPS) is 20.8. The average Bonchev–Trinajstić information content (AvgIpc) is 2.56. The first-order valence-electron chi connectivity index (χ1n) is 9.30.